The first-order chi connectivity index (χ1) is 9.56. The molecule has 1 aromatic carbocycles. The van der Waals surface area contributed by atoms with E-state index in [1.807, 2.05) is 0 Å². The SMILES string of the molecule is CCC1OCCC1CNS(=O)(=O)c1ccc(NN)cc1. The largest absolute Gasteiger partial charge is 0.378 e. The summed E-state index contributed by atoms with van der Waals surface area (Å²) < 4.78 is 32.6. The summed E-state index contributed by atoms with van der Waals surface area (Å²) in [5.74, 6) is 5.50. The highest BCUT2D eigenvalue weighted by Crippen LogP contribution is 2.23. The minimum absolute atomic E-state index is 0.154. The fourth-order valence-electron chi connectivity index (χ4n) is 2.41. The third-order valence-corrected chi connectivity index (χ3v) is 5.06. The molecule has 1 aromatic rings. The number of nitrogens with one attached hydrogen (secondary N) is 2. The van der Waals surface area contributed by atoms with Gasteiger partial charge in [-0.1, -0.05) is 6.92 Å². The van der Waals surface area contributed by atoms with Crippen LogP contribution in [0, 0.1) is 5.92 Å². The molecule has 1 heterocycles. The summed E-state index contributed by atoms with van der Waals surface area (Å²) >= 11 is 0. The van der Waals surface area contributed by atoms with E-state index in [0.29, 0.717) is 18.8 Å². The van der Waals surface area contributed by atoms with Crippen molar-refractivity contribution in [3.8, 4) is 0 Å². The minimum atomic E-state index is -3.48. The Bertz CT molecular complexity index is 530. The van der Waals surface area contributed by atoms with Crippen molar-refractivity contribution in [2.75, 3.05) is 18.6 Å². The quantitative estimate of drug-likeness (QED) is 0.539. The average molecular weight is 299 g/mol. The third-order valence-electron chi connectivity index (χ3n) is 3.62. The van der Waals surface area contributed by atoms with Gasteiger partial charge < -0.3 is 10.2 Å². The van der Waals surface area contributed by atoms with Gasteiger partial charge in [0.2, 0.25) is 10.0 Å². The van der Waals surface area contributed by atoms with Crippen molar-refractivity contribution in [2.24, 2.45) is 11.8 Å². The Morgan fingerprint density at radius 1 is 1.35 bits per heavy atom. The van der Waals surface area contributed by atoms with Crippen LogP contribution in [0.15, 0.2) is 29.2 Å². The molecule has 0 aromatic heterocycles. The van der Waals surface area contributed by atoms with Gasteiger partial charge in [-0.3, -0.25) is 5.84 Å². The zero-order valence-electron chi connectivity index (χ0n) is 11.5. The number of nitrogens with two attached hydrogens (primary N) is 1. The van der Waals surface area contributed by atoms with Crippen LogP contribution in [0.1, 0.15) is 19.8 Å². The second kappa shape index (κ2) is 6.53. The lowest BCUT2D eigenvalue weighted by Gasteiger charge is -2.17. The number of nitrogen functional groups attached to an aromatic ring is 1. The maximum Gasteiger partial charge on any atom is 0.240 e. The van der Waals surface area contributed by atoms with Crippen LogP contribution in [-0.2, 0) is 14.8 Å². The fourth-order valence-corrected chi connectivity index (χ4v) is 3.50. The Morgan fingerprint density at radius 2 is 2.05 bits per heavy atom. The van der Waals surface area contributed by atoms with Crippen LogP contribution in [0.5, 0.6) is 0 Å². The Morgan fingerprint density at radius 3 is 2.65 bits per heavy atom. The van der Waals surface area contributed by atoms with Gasteiger partial charge in [0.05, 0.1) is 11.0 Å². The van der Waals surface area contributed by atoms with Crippen molar-refractivity contribution in [2.45, 2.75) is 30.8 Å². The van der Waals surface area contributed by atoms with Crippen LogP contribution in [0.25, 0.3) is 0 Å². The molecule has 0 radical (unpaired) electrons. The number of hydrazine groups is 1. The minimum Gasteiger partial charge on any atom is -0.378 e. The van der Waals surface area contributed by atoms with Crippen LogP contribution in [0.3, 0.4) is 0 Å². The molecule has 1 fully saturated rings. The monoisotopic (exact) mass is 299 g/mol. The van der Waals surface area contributed by atoms with Gasteiger partial charge in [-0.25, -0.2) is 13.1 Å². The summed E-state index contributed by atoms with van der Waals surface area (Å²) in [5.41, 5.74) is 3.13. The first-order valence-corrected chi connectivity index (χ1v) is 8.23. The molecule has 2 rings (SSSR count). The molecule has 2 unspecified atom stereocenters. The van der Waals surface area contributed by atoms with Crippen molar-refractivity contribution in [3.63, 3.8) is 0 Å². The normalized spacial score (nSPS) is 22.9. The summed E-state index contributed by atoms with van der Waals surface area (Å²) in [5, 5.41) is 0. The highest BCUT2D eigenvalue weighted by atomic mass is 32.2. The molecular weight excluding hydrogens is 278 g/mol. The van der Waals surface area contributed by atoms with E-state index in [-0.39, 0.29) is 16.9 Å². The predicted octanol–water partition coefficient (Wildman–Crippen LogP) is 1.07. The molecular formula is C13H21N3O3S. The van der Waals surface area contributed by atoms with Crippen molar-refractivity contribution < 1.29 is 13.2 Å². The van der Waals surface area contributed by atoms with Gasteiger partial charge in [-0.2, -0.15) is 0 Å². The number of benzene rings is 1. The highest BCUT2D eigenvalue weighted by Gasteiger charge is 2.28. The van der Waals surface area contributed by atoms with Crippen LogP contribution >= 0.6 is 0 Å². The zero-order chi connectivity index (χ0) is 14.6. The fraction of sp³-hybridized carbons (Fsp3) is 0.538. The number of ether oxygens (including phenoxy) is 1. The molecule has 20 heavy (non-hydrogen) atoms. The Balaban J connectivity index is 1.99. The number of hydrogen-bond donors (Lipinski definition) is 3. The van der Waals surface area contributed by atoms with Gasteiger partial charge >= 0.3 is 0 Å². The lowest BCUT2D eigenvalue weighted by atomic mass is 10.0. The standard InChI is InChI=1S/C13H21N3O3S/c1-2-13-10(7-8-19-13)9-15-20(17,18)12-5-3-11(16-14)4-6-12/h3-6,10,13,15-16H,2,7-9,14H2,1H3. The second-order valence-corrected chi connectivity index (χ2v) is 6.65. The number of hydrogen-bond acceptors (Lipinski definition) is 5. The lowest BCUT2D eigenvalue weighted by Crippen LogP contribution is -2.32. The lowest BCUT2D eigenvalue weighted by molar-refractivity contribution is 0.0884. The molecule has 0 spiro atoms. The molecule has 6 nitrogen and oxygen atoms in total. The van der Waals surface area contributed by atoms with E-state index in [9.17, 15) is 8.42 Å². The first-order valence-electron chi connectivity index (χ1n) is 6.74. The summed E-state index contributed by atoms with van der Waals surface area (Å²) in [4.78, 5) is 0.239. The van der Waals surface area contributed by atoms with E-state index in [1.165, 1.54) is 12.1 Å². The van der Waals surface area contributed by atoms with Crippen molar-refractivity contribution in [3.05, 3.63) is 24.3 Å². The van der Waals surface area contributed by atoms with Gasteiger partial charge in [-0.05, 0) is 37.1 Å². The Kier molecular flexibility index (Phi) is 4.98. The molecule has 7 heteroatoms. The topological polar surface area (TPSA) is 93.4 Å². The first kappa shape index (κ1) is 15.2. The van der Waals surface area contributed by atoms with Crippen LogP contribution < -0.4 is 16.0 Å². The molecule has 1 saturated heterocycles. The van der Waals surface area contributed by atoms with Crippen molar-refractivity contribution >= 4 is 15.7 Å². The molecule has 1 aliphatic rings. The van der Waals surface area contributed by atoms with Gasteiger partial charge in [-0.15, -0.1) is 0 Å². The molecule has 1 aliphatic heterocycles. The van der Waals surface area contributed by atoms with E-state index >= 15 is 0 Å². The molecule has 0 bridgehead atoms. The average Bonchev–Trinajstić information content (AvgIpc) is 2.93. The van der Waals surface area contributed by atoms with Crippen molar-refractivity contribution in [1.82, 2.24) is 4.72 Å². The van der Waals surface area contributed by atoms with Crippen LogP contribution in [0.2, 0.25) is 0 Å². The Labute approximate surface area is 119 Å². The van der Waals surface area contributed by atoms with E-state index < -0.39 is 10.0 Å². The van der Waals surface area contributed by atoms with E-state index in [2.05, 4.69) is 17.1 Å². The Hall–Kier alpha value is -1.15. The highest BCUT2D eigenvalue weighted by molar-refractivity contribution is 7.89. The molecule has 0 saturated carbocycles. The van der Waals surface area contributed by atoms with E-state index in [4.69, 9.17) is 10.6 Å². The van der Waals surface area contributed by atoms with Gasteiger partial charge in [0.1, 0.15) is 0 Å². The molecule has 0 amide bonds. The van der Waals surface area contributed by atoms with Gasteiger partial charge in [0, 0.05) is 24.8 Å². The van der Waals surface area contributed by atoms with E-state index in [1.54, 1.807) is 12.1 Å². The van der Waals surface area contributed by atoms with Crippen LogP contribution in [-0.4, -0.2) is 27.7 Å². The summed E-state index contributed by atoms with van der Waals surface area (Å²) in [6, 6.07) is 6.31. The number of anilines is 1. The molecule has 2 atom stereocenters. The van der Waals surface area contributed by atoms with Crippen molar-refractivity contribution in [1.29, 1.82) is 0 Å². The maximum atomic E-state index is 12.2. The molecule has 4 N–H and O–H groups in total. The van der Waals surface area contributed by atoms with Crippen LogP contribution in [0.4, 0.5) is 5.69 Å². The predicted molar refractivity (Wildman–Crippen MR) is 77.6 cm³/mol. The van der Waals surface area contributed by atoms with E-state index in [0.717, 1.165) is 12.8 Å². The smallest absolute Gasteiger partial charge is 0.240 e. The zero-order valence-corrected chi connectivity index (χ0v) is 12.3. The summed E-state index contributed by atoms with van der Waals surface area (Å²) in [7, 11) is -3.48. The second-order valence-electron chi connectivity index (χ2n) is 4.89. The number of sulfonamides is 1. The molecule has 112 valence electrons. The summed E-state index contributed by atoms with van der Waals surface area (Å²) in [6.07, 6.45) is 1.96. The maximum absolute atomic E-state index is 12.2. The van der Waals surface area contributed by atoms with Gasteiger partial charge in [0.15, 0.2) is 0 Å². The number of rotatable bonds is 6. The van der Waals surface area contributed by atoms with Gasteiger partial charge in [0.25, 0.3) is 0 Å². The molecule has 0 aliphatic carbocycles. The summed E-state index contributed by atoms with van der Waals surface area (Å²) in [6.45, 7) is 3.18. The third kappa shape index (κ3) is 3.49.